The van der Waals surface area contributed by atoms with Crippen molar-refractivity contribution >= 4 is 17.1 Å². The van der Waals surface area contributed by atoms with E-state index in [1.165, 1.54) is 11.3 Å². The van der Waals surface area contributed by atoms with Gasteiger partial charge in [0.1, 0.15) is 0 Å². The van der Waals surface area contributed by atoms with Gasteiger partial charge in [-0.3, -0.25) is 4.79 Å². The average Bonchev–Trinajstić information content (AvgIpc) is 2.72. The van der Waals surface area contributed by atoms with Crippen LogP contribution in [0, 0.1) is 5.38 Å². The van der Waals surface area contributed by atoms with Crippen LogP contribution in [0.3, 0.4) is 0 Å². The lowest BCUT2D eigenvalue weighted by Gasteiger charge is -1.97. The van der Waals surface area contributed by atoms with Gasteiger partial charge in [-0.2, -0.15) is 0 Å². The van der Waals surface area contributed by atoms with E-state index in [4.69, 9.17) is 0 Å². The third kappa shape index (κ3) is 2.09. The van der Waals surface area contributed by atoms with Gasteiger partial charge in [0.2, 0.25) is 0 Å². The predicted molar refractivity (Wildman–Crippen MR) is 57.6 cm³/mol. The molecule has 1 aromatic carbocycles. The Morgan fingerprint density at radius 1 is 1.21 bits per heavy atom. The lowest BCUT2D eigenvalue weighted by atomic mass is 10.1. The van der Waals surface area contributed by atoms with E-state index in [2.05, 4.69) is 5.38 Å². The fraction of sp³-hybridized carbons (Fsp3) is 0.0833. The molecule has 0 atom stereocenters. The van der Waals surface area contributed by atoms with Gasteiger partial charge in [-0.15, -0.1) is 11.3 Å². The highest BCUT2D eigenvalue weighted by atomic mass is 32.1. The van der Waals surface area contributed by atoms with E-state index in [-0.39, 0.29) is 5.78 Å². The lowest BCUT2D eigenvalue weighted by molar-refractivity contribution is 0.0993. The van der Waals surface area contributed by atoms with E-state index < -0.39 is 0 Å². The van der Waals surface area contributed by atoms with Crippen molar-refractivity contribution in [3.05, 3.63) is 58.3 Å². The average molecular weight is 201 g/mol. The van der Waals surface area contributed by atoms with Crippen LogP contribution in [0.4, 0.5) is 0 Å². The number of thiophene rings is 1. The molecule has 0 aliphatic carbocycles. The smallest absolute Gasteiger partial charge is 0.168 e. The summed E-state index contributed by atoms with van der Waals surface area (Å²) in [6, 6.07) is 11.6. The number of hydrogen-bond acceptors (Lipinski definition) is 2. The number of carbonyl (C=O) groups excluding carboxylic acids is 1. The highest BCUT2D eigenvalue weighted by molar-refractivity contribution is 7.07. The van der Waals surface area contributed by atoms with Crippen LogP contribution < -0.4 is 0 Å². The number of rotatable bonds is 3. The molecule has 2 aromatic rings. The molecule has 1 aromatic heterocycles. The molecular weight excluding hydrogens is 192 g/mol. The zero-order valence-electron chi connectivity index (χ0n) is 7.57. The van der Waals surface area contributed by atoms with Gasteiger partial charge in [-0.1, -0.05) is 30.3 Å². The maximum atomic E-state index is 11.7. The van der Waals surface area contributed by atoms with Crippen LogP contribution in [0.5, 0.6) is 0 Å². The summed E-state index contributed by atoms with van der Waals surface area (Å²) < 4.78 is 0. The lowest BCUT2D eigenvalue weighted by Crippen LogP contribution is -2.01. The summed E-state index contributed by atoms with van der Waals surface area (Å²) >= 11 is 1.43. The quantitative estimate of drug-likeness (QED) is 0.698. The summed E-state index contributed by atoms with van der Waals surface area (Å²) in [4.78, 5) is 11.7. The first-order chi connectivity index (χ1) is 6.86. The Balaban J connectivity index is 2.10. The molecule has 2 heteroatoms. The molecule has 14 heavy (non-hydrogen) atoms. The third-order valence-electron chi connectivity index (χ3n) is 1.98. The Labute approximate surface area is 87.0 Å². The molecule has 69 valence electrons. The molecule has 1 heterocycles. The van der Waals surface area contributed by atoms with Gasteiger partial charge < -0.3 is 0 Å². The molecule has 1 nitrogen and oxygen atoms in total. The molecule has 0 saturated carbocycles. The monoisotopic (exact) mass is 201 g/mol. The first kappa shape index (κ1) is 9.16. The molecule has 0 unspecified atom stereocenters. The second kappa shape index (κ2) is 4.20. The van der Waals surface area contributed by atoms with E-state index >= 15 is 0 Å². The molecule has 0 spiro atoms. The molecule has 0 fully saturated rings. The summed E-state index contributed by atoms with van der Waals surface area (Å²) in [5.41, 5.74) is 1.75. The molecule has 0 amide bonds. The van der Waals surface area contributed by atoms with Crippen LogP contribution in [0.25, 0.3) is 0 Å². The Hall–Kier alpha value is -1.41. The molecule has 0 saturated heterocycles. The van der Waals surface area contributed by atoms with Crippen molar-refractivity contribution in [3.63, 3.8) is 0 Å². The topological polar surface area (TPSA) is 17.1 Å². The minimum atomic E-state index is 0.137. The van der Waals surface area contributed by atoms with Gasteiger partial charge in [0.15, 0.2) is 5.78 Å². The van der Waals surface area contributed by atoms with Crippen molar-refractivity contribution in [2.75, 3.05) is 0 Å². The van der Waals surface area contributed by atoms with Crippen LogP contribution in [0.15, 0.2) is 41.8 Å². The minimum absolute atomic E-state index is 0.137. The Morgan fingerprint density at radius 3 is 2.64 bits per heavy atom. The van der Waals surface area contributed by atoms with E-state index in [0.29, 0.717) is 12.0 Å². The maximum Gasteiger partial charge on any atom is 0.168 e. The highest BCUT2D eigenvalue weighted by Gasteiger charge is 2.06. The number of Topliss-reactive ketones (excluding diaryl/α,β-unsaturated/α-hetero) is 1. The summed E-state index contributed by atoms with van der Waals surface area (Å²) in [6.45, 7) is 0. The van der Waals surface area contributed by atoms with Crippen molar-refractivity contribution in [3.8, 4) is 0 Å². The van der Waals surface area contributed by atoms with E-state index in [9.17, 15) is 4.79 Å². The Kier molecular flexibility index (Phi) is 2.75. The SMILES string of the molecule is O=C(Cc1ccccc1)c1[c]scc1. The normalized spacial score (nSPS) is 10.0. The van der Waals surface area contributed by atoms with Crippen molar-refractivity contribution in [1.29, 1.82) is 0 Å². The molecule has 1 radical (unpaired) electrons. The Bertz CT molecular complexity index is 403. The van der Waals surface area contributed by atoms with Crippen molar-refractivity contribution < 1.29 is 4.79 Å². The molecule has 2 rings (SSSR count). The van der Waals surface area contributed by atoms with Crippen LogP contribution in [-0.2, 0) is 6.42 Å². The van der Waals surface area contributed by atoms with Gasteiger partial charge in [-0.25, -0.2) is 0 Å². The summed E-state index contributed by atoms with van der Waals surface area (Å²) in [5, 5.41) is 4.82. The van der Waals surface area contributed by atoms with E-state index in [1.807, 2.05) is 41.8 Å². The standard InChI is InChI=1S/C12H9OS/c13-12(11-6-7-14-9-11)8-10-4-2-1-3-5-10/h1-7H,8H2. The first-order valence-electron chi connectivity index (χ1n) is 4.38. The third-order valence-corrected chi connectivity index (χ3v) is 2.59. The number of benzene rings is 1. The zero-order valence-corrected chi connectivity index (χ0v) is 8.38. The summed E-state index contributed by atoms with van der Waals surface area (Å²) in [7, 11) is 0. The van der Waals surface area contributed by atoms with E-state index in [1.54, 1.807) is 0 Å². The zero-order chi connectivity index (χ0) is 9.80. The van der Waals surface area contributed by atoms with Gasteiger partial charge in [0, 0.05) is 12.0 Å². The van der Waals surface area contributed by atoms with E-state index in [0.717, 1.165) is 5.56 Å². The van der Waals surface area contributed by atoms with Crippen LogP contribution in [0.1, 0.15) is 15.9 Å². The van der Waals surface area contributed by atoms with Gasteiger partial charge in [0.05, 0.1) is 5.38 Å². The van der Waals surface area contributed by atoms with Gasteiger partial charge >= 0.3 is 0 Å². The first-order valence-corrected chi connectivity index (χ1v) is 5.26. The molecule has 0 aliphatic rings. The molecular formula is C12H9OS. The molecule has 0 aliphatic heterocycles. The van der Waals surface area contributed by atoms with Gasteiger partial charge in [-0.05, 0) is 17.0 Å². The largest absolute Gasteiger partial charge is 0.294 e. The van der Waals surface area contributed by atoms with Crippen molar-refractivity contribution in [2.45, 2.75) is 6.42 Å². The summed E-state index contributed by atoms with van der Waals surface area (Å²) in [5.74, 6) is 0.137. The van der Waals surface area contributed by atoms with Gasteiger partial charge in [0.25, 0.3) is 0 Å². The van der Waals surface area contributed by atoms with Crippen molar-refractivity contribution in [2.24, 2.45) is 0 Å². The Morgan fingerprint density at radius 2 is 2.00 bits per heavy atom. The fourth-order valence-electron chi connectivity index (χ4n) is 1.26. The summed E-state index contributed by atoms with van der Waals surface area (Å²) in [6.07, 6.45) is 0.466. The number of carbonyl (C=O) groups is 1. The number of hydrogen-bond donors (Lipinski definition) is 0. The second-order valence-electron chi connectivity index (χ2n) is 3.02. The molecule has 0 bridgehead atoms. The predicted octanol–water partition coefficient (Wildman–Crippen LogP) is 2.97. The highest BCUT2D eigenvalue weighted by Crippen LogP contribution is 2.09. The maximum absolute atomic E-state index is 11.7. The molecule has 0 N–H and O–H groups in total. The van der Waals surface area contributed by atoms with Crippen LogP contribution in [0.2, 0.25) is 0 Å². The van der Waals surface area contributed by atoms with Crippen LogP contribution in [-0.4, -0.2) is 5.78 Å². The minimum Gasteiger partial charge on any atom is -0.294 e. The van der Waals surface area contributed by atoms with Crippen LogP contribution >= 0.6 is 11.3 Å². The van der Waals surface area contributed by atoms with Crippen molar-refractivity contribution in [1.82, 2.24) is 0 Å². The fourth-order valence-corrected chi connectivity index (χ4v) is 1.84. The number of ketones is 1. The second-order valence-corrected chi connectivity index (χ2v) is 3.73.